The molecule has 0 aliphatic carbocycles. The van der Waals surface area contributed by atoms with Gasteiger partial charge in [0.2, 0.25) is 0 Å². The molecular weight excluding hydrogens is 222 g/mol. The van der Waals surface area contributed by atoms with Crippen LogP contribution in [0.25, 0.3) is 0 Å². The van der Waals surface area contributed by atoms with E-state index in [1.165, 1.54) is 44.1 Å². The number of benzene rings is 1. The molecule has 1 N–H and O–H groups in total. The smallest absolute Gasteiger partial charge is 0.124 e. The Balaban J connectivity index is 1.61. The van der Waals surface area contributed by atoms with Gasteiger partial charge in [0.25, 0.3) is 0 Å². The maximum atomic E-state index is 5.66. The number of unbranched alkanes of at least 4 members (excludes halogenated alkanes) is 5. The zero-order valence-corrected chi connectivity index (χ0v) is 11.5. The van der Waals surface area contributed by atoms with Gasteiger partial charge in [0, 0.05) is 5.56 Å². The quantitative estimate of drug-likeness (QED) is 0.699. The summed E-state index contributed by atoms with van der Waals surface area (Å²) in [5, 5.41) is 3.60. The Bertz CT molecular complexity index is 351. The molecule has 0 saturated heterocycles. The molecule has 0 saturated carbocycles. The molecule has 1 aliphatic rings. The molecule has 2 heteroatoms. The van der Waals surface area contributed by atoms with Crippen LogP contribution in [-0.2, 0) is 0 Å². The molecule has 1 atom stereocenters. The fourth-order valence-corrected chi connectivity index (χ4v) is 2.51. The first-order valence-corrected chi connectivity index (χ1v) is 7.37. The summed E-state index contributed by atoms with van der Waals surface area (Å²) >= 11 is 0. The van der Waals surface area contributed by atoms with Gasteiger partial charge in [-0.2, -0.15) is 0 Å². The van der Waals surface area contributed by atoms with E-state index in [0.29, 0.717) is 6.04 Å². The summed E-state index contributed by atoms with van der Waals surface area (Å²) < 4.78 is 5.66. The fourth-order valence-electron chi connectivity index (χ4n) is 2.51. The summed E-state index contributed by atoms with van der Waals surface area (Å²) in [5.41, 5.74) is 1.32. The Morgan fingerprint density at radius 2 is 1.89 bits per heavy atom. The number of nitrogens with one attached hydrogen (secondary N) is 1. The van der Waals surface area contributed by atoms with Gasteiger partial charge in [-0.05, 0) is 19.0 Å². The Hall–Kier alpha value is -1.02. The maximum absolute atomic E-state index is 5.66. The van der Waals surface area contributed by atoms with Crippen LogP contribution in [0.5, 0.6) is 5.75 Å². The summed E-state index contributed by atoms with van der Waals surface area (Å²) in [6, 6.07) is 8.75. The minimum atomic E-state index is 0.400. The zero-order valence-electron chi connectivity index (χ0n) is 11.5. The fraction of sp³-hybridized carbons (Fsp3) is 0.625. The number of fused-ring (bicyclic) bond motifs is 1. The first kappa shape index (κ1) is 13.4. The highest BCUT2D eigenvalue weighted by atomic mass is 16.5. The van der Waals surface area contributed by atoms with Gasteiger partial charge in [0.15, 0.2) is 0 Å². The highest BCUT2D eigenvalue weighted by molar-refractivity contribution is 5.39. The Morgan fingerprint density at radius 3 is 2.78 bits per heavy atom. The Morgan fingerprint density at radius 1 is 1.11 bits per heavy atom. The first-order valence-electron chi connectivity index (χ1n) is 7.37. The lowest BCUT2D eigenvalue weighted by Crippen LogP contribution is -2.23. The van der Waals surface area contributed by atoms with Crippen LogP contribution in [-0.4, -0.2) is 13.2 Å². The third-order valence-corrected chi connectivity index (χ3v) is 3.62. The number of para-hydroxylation sites is 1. The van der Waals surface area contributed by atoms with E-state index in [1.807, 2.05) is 6.07 Å². The van der Waals surface area contributed by atoms with Crippen LogP contribution in [0.3, 0.4) is 0 Å². The van der Waals surface area contributed by atoms with Gasteiger partial charge in [-0.25, -0.2) is 0 Å². The molecule has 0 unspecified atom stereocenters. The molecule has 0 spiro atoms. The van der Waals surface area contributed by atoms with Gasteiger partial charge in [-0.15, -0.1) is 0 Å². The van der Waals surface area contributed by atoms with E-state index in [2.05, 4.69) is 30.4 Å². The lowest BCUT2D eigenvalue weighted by atomic mass is 10.1. The second-order valence-electron chi connectivity index (χ2n) is 5.12. The van der Waals surface area contributed by atoms with E-state index in [9.17, 15) is 0 Å². The van der Waals surface area contributed by atoms with E-state index in [-0.39, 0.29) is 0 Å². The van der Waals surface area contributed by atoms with Crippen LogP contribution in [0, 0.1) is 0 Å². The molecule has 1 heterocycles. The van der Waals surface area contributed by atoms with Crippen molar-refractivity contribution in [3.05, 3.63) is 29.8 Å². The molecule has 0 radical (unpaired) electrons. The minimum absolute atomic E-state index is 0.400. The van der Waals surface area contributed by atoms with Gasteiger partial charge in [-0.3, -0.25) is 0 Å². The van der Waals surface area contributed by atoms with E-state index >= 15 is 0 Å². The van der Waals surface area contributed by atoms with Crippen molar-refractivity contribution in [2.45, 2.75) is 51.5 Å². The van der Waals surface area contributed by atoms with Crippen LogP contribution < -0.4 is 10.1 Å². The largest absolute Gasteiger partial charge is 0.491 e. The van der Waals surface area contributed by atoms with Crippen LogP contribution in [0.4, 0.5) is 0 Å². The van der Waals surface area contributed by atoms with Gasteiger partial charge in [0.05, 0.1) is 6.04 Å². The van der Waals surface area contributed by atoms with Gasteiger partial charge >= 0.3 is 0 Å². The van der Waals surface area contributed by atoms with E-state index in [0.717, 1.165) is 18.9 Å². The molecule has 2 rings (SSSR count). The normalized spacial score (nSPS) is 17.5. The Kier molecular flexibility index (Phi) is 5.53. The molecule has 0 bridgehead atoms. The average molecular weight is 247 g/mol. The molecule has 0 aromatic heterocycles. The van der Waals surface area contributed by atoms with Crippen molar-refractivity contribution in [2.75, 3.05) is 13.2 Å². The molecule has 0 amide bonds. The van der Waals surface area contributed by atoms with Crippen LogP contribution in [0.2, 0.25) is 0 Å². The van der Waals surface area contributed by atoms with Crippen LogP contribution >= 0.6 is 0 Å². The monoisotopic (exact) mass is 247 g/mol. The summed E-state index contributed by atoms with van der Waals surface area (Å²) in [7, 11) is 0. The minimum Gasteiger partial charge on any atom is -0.491 e. The SMILES string of the molecule is CCCCCCCCN[C@@H]1COc2ccccc21. The van der Waals surface area contributed by atoms with E-state index < -0.39 is 0 Å². The molecule has 1 aliphatic heterocycles. The lowest BCUT2D eigenvalue weighted by Gasteiger charge is -2.11. The number of hydrogen-bond acceptors (Lipinski definition) is 2. The third kappa shape index (κ3) is 3.74. The average Bonchev–Trinajstić information content (AvgIpc) is 2.81. The summed E-state index contributed by atoms with van der Waals surface area (Å²) in [6.07, 6.45) is 8.12. The highest BCUT2D eigenvalue weighted by Crippen LogP contribution is 2.31. The van der Waals surface area contributed by atoms with Gasteiger partial charge in [-0.1, -0.05) is 57.2 Å². The van der Waals surface area contributed by atoms with Crippen LogP contribution in [0.15, 0.2) is 24.3 Å². The van der Waals surface area contributed by atoms with Crippen molar-refractivity contribution in [3.8, 4) is 5.75 Å². The van der Waals surface area contributed by atoms with Gasteiger partial charge in [0.1, 0.15) is 12.4 Å². The third-order valence-electron chi connectivity index (χ3n) is 3.62. The molecule has 1 aromatic rings. The van der Waals surface area contributed by atoms with Crippen molar-refractivity contribution in [1.29, 1.82) is 0 Å². The van der Waals surface area contributed by atoms with Crippen molar-refractivity contribution in [1.82, 2.24) is 5.32 Å². The zero-order chi connectivity index (χ0) is 12.6. The number of ether oxygens (including phenoxy) is 1. The lowest BCUT2D eigenvalue weighted by molar-refractivity contribution is 0.310. The second-order valence-corrected chi connectivity index (χ2v) is 5.12. The standard InChI is InChI=1S/C16H25NO/c1-2-3-4-5-6-9-12-17-15-13-18-16-11-8-7-10-14(15)16/h7-8,10-11,15,17H,2-6,9,12-13H2,1H3/t15-/m1/s1. The van der Waals surface area contributed by atoms with Crippen molar-refractivity contribution < 1.29 is 4.74 Å². The van der Waals surface area contributed by atoms with Crippen molar-refractivity contribution >= 4 is 0 Å². The molecule has 18 heavy (non-hydrogen) atoms. The van der Waals surface area contributed by atoms with Crippen molar-refractivity contribution in [2.24, 2.45) is 0 Å². The number of rotatable bonds is 8. The predicted molar refractivity (Wildman–Crippen MR) is 76.1 cm³/mol. The van der Waals surface area contributed by atoms with Crippen molar-refractivity contribution in [3.63, 3.8) is 0 Å². The van der Waals surface area contributed by atoms with E-state index in [4.69, 9.17) is 4.74 Å². The maximum Gasteiger partial charge on any atom is 0.124 e. The highest BCUT2D eigenvalue weighted by Gasteiger charge is 2.22. The molecule has 0 fully saturated rings. The second kappa shape index (κ2) is 7.42. The first-order chi connectivity index (χ1) is 8.92. The predicted octanol–water partition coefficient (Wildman–Crippen LogP) is 4.07. The number of hydrogen-bond donors (Lipinski definition) is 1. The summed E-state index contributed by atoms with van der Waals surface area (Å²) in [4.78, 5) is 0. The van der Waals surface area contributed by atoms with Gasteiger partial charge < -0.3 is 10.1 Å². The van der Waals surface area contributed by atoms with Crippen LogP contribution in [0.1, 0.15) is 57.1 Å². The summed E-state index contributed by atoms with van der Waals surface area (Å²) in [5.74, 6) is 1.05. The molecule has 2 nitrogen and oxygen atoms in total. The molecule has 100 valence electrons. The topological polar surface area (TPSA) is 21.3 Å². The van der Waals surface area contributed by atoms with E-state index in [1.54, 1.807) is 0 Å². The Labute approximate surface area is 111 Å². The molecular formula is C16H25NO. The summed E-state index contributed by atoms with van der Waals surface area (Å²) in [6.45, 7) is 4.16. The molecule has 1 aromatic carbocycles.